The molecule has 0 saturated heterocycles. The molecule has 0 aromatic carbocycles. The normalized spacial score (nSPS) is 12.7. The minimum atomic E-state index is -0.693. The summed E-state index contributed by atoms with van der Waals surface area (Å²) in [6, 6.07) is 8.75. The molecule has 0 aliphatic rings. The van der Waals surface area contributed by atoms with Crippen LogP contribution in [0.1, 0.15) is 26.3 Å². The predicted molar refractivity (Wildman–Crippen MR) is 85.0 cm³/mol. The Morgan fingerprint density at radius 1 is 1.18 bits per heavy atom. The summed E-state index contributed by atoms with van der Waals surface area (Å²) < 4.78 is 5.27. The van der Waals surface area contributed by atoms with Gasteiger partial charge in [-0.05, 0) is 51.0 Å². The molecule has 2 heterocycles. The molecule has 0 fully saturated rings. The lowest BCUT2D eigenvalue weighted by Crippen LogP contribution is -2.38. The van der Waals surface area contributed by atoms with Crippen LogP contribution in [0, 0.1) is 0 Å². The van der Waals surface area contributed by atoms with Crippen LogP contribution >= 0.6 is 0 Å². The molecule has 0 spiro atoms. The fourth-order valence-electron chi connectivity index (χ4n) is 1.93. The first-order valence-corrected chi connectivity index (χ1v) is 7.20. The van der Waals surface area contributed by atoms with Crippen LogP contribution in [0.3, 0.4) is 0 Å². The largest absolute Gasteiger partial charge is 0.459 e. The first-order valence-electron chi connectivity index (χ1n) is 7.20. The maximum atomic E-state index is 11.9. The molecule has 2 N–H and O–H groups in total. The van der Waals surface area contributed by atoms with Crippen LogP contribution in [-0.4, -0.2) is 27.6 Å². The quantitative estimate of drug-likeness (QED) is 0.877. The monoisotopic (exact) mass is 299 g/mol. The molecule has 0 aliphatic carbocycles. The summed E-state index contributed by atoms with van der Waals surface area (Å²) in [5.74, 6) is -0.402. The molecule has 0 bridgehead atoms. The Labute approximate surface area is 130 Å². The second-order valence-electron chi connectivity index (χ2n) is 6.11. The third-order valence-corrected chi connectivity index (χ3v) is 2.92. The molecule has 5 nitrogen and oxygen atoms in total. The lowest BCUT2D eigenvalue weighted by atomic mass is 10.1. The lowest BCUT2D eigenvalue weighted by Gasteiger charge is -2.22. The van der Waals surface area contributed by atoms with Crippen LogP contribution in [0.15, 0.2) is 42.7 Å². The smallest absolute Gasteiger partial charge is 0.323 e. The standard InChI is InChI=1S/C17H21N3O2/c1-17(2,3)22-16(21)13(18)10-12-7-8-15(20-11-12)14-6-4-5-9-19-14/h4-9,11,13H,10,18H2,1-3H3. The molecule has 2 aromatic heterocycles. The van der Waals surface area contributed by atoms with Crippen molar-refractivity contribution in [2.45, 2.75) is 38.8 Å². The Balaban J connectivity index is 2.01. The zero-order valence-corrected chi connectivity index (χ0v) is 13.1. The summed E-state index contributed by atoms with van der Waals surface area (Å²) in [5.41, 5.74) is 7.84. The van der Waals surface area contributed by atoms with Gasteiger partial charge in [-0.15, -0.1) is 0 Å². The lowest BCUT2D eigenvalue weighted by molar-refractivity contribution is -0.156. The van der Waals surface area contributed by atoms with E-state index in [4.69, 9.17) is 10.5 Å². The van der Waals surface area contributed by atoms with Crippen molar-refractivity contribution in [1.29, 1.82) is 0 Å². The topological polar surface area (TPSA) is 78.1 Å². The van der Waals surface area contributed by atoms with Crippen LogP contribution < -0.4 is 5.73 Å². The van der Waals surface area contributed by atoms with Crippen molar-refractivity contribution in [2.75, 3.05) is 0 Å². The summed E-state index contributed by atoms with van der Waals surface area (Å²) in [4.78, 5) is 20.5. The second-order valence-corrected chi connectivity index (χ2v) is 6.11. The summed E-state index contributed by atoms with van der Waals surface area (Å²) in [6.45, 7) is 5.46. The van der Waals surface area contributed by atoms with Crippen molar-refractivity contribution in [1.82, 2.24) is 9.97 Å². The van der Waals surface area contributed by atoms with Gasteiger partial charge in [0, 0.05) is 12.4 Å². The molecule has 0 aliphatic heterocycles. The predicted octanol–water partition coefficient (Wildman–Crippen LogP) is 2.36. The van der Waals surface area contributed by atoms with Gasteiger partial charge in [-0.3, -0.25) is 14.8 Å². The number of ether oxygens (including phenoxy) is 1. The van der Waals surface area contributed by atoms with Crippen LogP contribution in [0.2, 0.25) is 0 Å². The van der Waals surface area contributed by atoms with Crippen molar-refractivity contribution < 1.29 is 9.53 Å². The third kappa shape index (κ3) is 4.63. The first-order chi connectivity index (χ1) is 10.3. The Morgan fingerprint density at radius 3 is 2.45 bits per heavy atom. The van der Waals surface area contributed by atoms with Gasteiger partial charge in [-0.1, -0.05) is 12.1 Å². The molecule has 0 radical (unpaired) electrons. The van der Waals surface area contributed by atoms with Gasteiger partial charge >= 0.3 is 5.97 Å². The molecule has 5 heteroatoms. The highest BCUT2D eigenvalue weighted by Crippen LogP contribution is 2.15. The van der Waals surface area contributed by atoms with E-state index in [0.29, 0.717) is 6.42 Å². The molecule has 0 amide bonds. The van der Waals surface area contributed by atoms with Gasteiger partial charge in [0.25, 0.3) is 0 Å². The molecule has 1 unspecified atom stereocenters. The average molecular weight is 299 g/mol. The van der Waals surface area contributed by atoms with E-state index in [1.54, 1.807) is 12.4 Å². The highest BCUT2D eigenvalue weighted by molar-refractivity contribution is 5.76. The van der Waals surface area contributed by atoms with Crippen LogP contribution in [0.4, 0.5) is 0 Å². The minimum absolute atomic E-state index is 0.393. The highest BCUT2D eigenvalue weighted by Gasteiger charge is 2.22. The van der Waals surface area contributed by atoms with E-state index in [2.05, 4.69) is 9.97 Å². The second kappa shape index (κ2) is 6.66. The van der Waals surface area contributed by atoms with E-state index < -0.39 is 17.6 Å². The summed E-state index contributed by atoms with van der Waals surface area (Å²) in [7, 11) is 0. The SMILES string of the molecule is CC(C)(C)OC(=O)C(N)Cc1ccc(-c2ccccn2)nc1. The summed E-state index contributed by atoms with van der Waals surface area (Å²) >= 11 is 0. The number of nitrogens with two attached hydrogens (primary N) is 1. The fraction of sp³-hybridized carbons (Fsp3) is 0.353. The number of pyridine rings is 2. The molecule has 2 rings (SSSR count). The maximum absolute atomic E-state index is 11.9. The number of nitrogens with zero attached hydrogens (tertiary/aromatic N) is 2. The summed E-state index contributed by atoms with van der Waals surface area (Å²) in [5, 5.41) is 0. The molecule has 22 heavy (non-hydrogen) atoms. The van der Waals surface area contributed by atoms with Crippen molar-refractivity contribution in [2.24, 2.45) is 5.73 Å². The highest BCUT2D eigenvalue weighted by atomic mass is 16.6. The Morgan fingerprint density at radius 2 is 1.91 bits per heavy atom. The molecule has 1 atom stereocenters. The Hall–Kier alpha value is -2.27. The van der Waals surface area contributed by atoms with E-state index in [-0.39, 0.29) is 0 Å². The number of carbonyl (C=O) groups excluding carboxylic acids is 1. The van der Waals surface area contributed by atoms with Crippen molar-refractivity contribution in [3.63, 3.8) is 0 Å². The van der Waals surface area contributed by atoms with E-state index >= 15 is 0 Å². The number of hydrogen-bond acceptors (Lipinski definition) is 5. The van der Waals surface area contributed by atoms with Crippen molar-refractivity contribution in [3.05, 3.63) is 48.3 Å². The zero-order valence-electron chi connectivity index (χ0n) is 13.1. The van der Waals surface area contributed by atoms with E-state index in [9.17, 15) is 4.79 Å². The van der Waals surface area contributed by atoms with Gasteiger partial charge in [0.05, 0.1) is 11.4 Å². The molecule has 116 valence electrons. The summed E-state index contributed by atoms with van der Waals surface area (Å²) in [6.07, 6.45) is 3.84. The van der Waals surface area contributed by atoms with Gasteiger partial charge in [0.1, 0.15) is 11.6 Å². The number of hydrogen-bond donors (Lipinski definition) is 1. The fourth-order valence-corrected chi connectivity index (χ4v) is 1.93. The number of rotatable bonds is 4. The van der Waals surface area contributed by atoms with E-state index in [1.165, 1.54) is 0 Å². The number of aromatic nitrogens is 2. The van der Waals surface area contributed by atoms with Crippen LogP contribution in [0.25, 0.3) is 11.4 Å². The van der Waals surface area contributed by atoms with E-state index in [1.807, 2.05) is 51.1 Å². The van der Waals surface area contributed by atoms with Gasteiger partial charge < -0.3 is 10.5 Å². The van der Waals surface area contributed by atoms with Crippen molar-refractivity contribution >= 4 is 5.97 Å². The molecular weight excluding hydrogens is 278 g/mol. The third-order valence-electron chi connectivity index (χ3n) is 2.92. The number of carbonyl (C=O) groups is 1. The minimum Gasteiger partial charge on any atom is -0.459 e. The van der Waals surface area contributed by atoms with Gasteiger partial charge in [-0.2, -0.15) is 0 Å². The van der Waals surface area contributed by atoms with Crippen molar-refractivity contribution in [3.8, 4) is 11.4 Å². The Bertz CT molecular complexity index is 619. The molecule has 2 aromatic rings. The molecule has 0 saturated carbocycles. The zero-order chi connectivity index (χ0) is 16.2. The van der Waals surface area contributed by atoms with Gasteiger partial charge in [-0.25, -0.2) is 0 Å². The maximum Gasteiger partial charge on any atom is 0.323 e. The van der Waals surface area contributed by atoms with Gasteiger partial charge in [0.2, 0.25) is 0 Å². The average Bonchev–Trinajstić information content (AvgIpc) is 2.47. The molecular formula is C17H21N3O2. The van der Waals surface area contributed by atoms with Crippen LogP contribution in [0.5, 0.6) is 0 Å². The number of esters is 1. The van der Waals surface area contributed by atoms with E-state index in [0.717, 1.165) is 17.0 Å². The Kier molecular flexibility index (Phi) is 4.88. The van der Waals surface area contributed by atoms with Crippen LogP contribution in [-0.2, 0) is 16.0 Å². The first kappa shape index (κ1) is 16.1. The van der Waals surface area contributed by atoms with Gasteiger partial charge in [0.15, 0.2) is 0 Å².